The van der Waals surface area contributed by atoms with Crippen molar-refractivity contribution in [2.45, 2.75) is 6.92 Å². The van der Waals surface area contributed by atoms with Crippen LogP contribution in [0.25, 0.3) is 0 Å². The zero-order valence-electron chi connectivity index (χ0n) is 10.7. The molecule has 6 nitrogen and oxygen atoms in total. The number of piperazine rings is 1. The first kappa shape index (κ1) is 13.9. The summed E-state index contributed by atoms with van der Waals surface area (Å²) >= 11 is 0. The van der Waals surface area contributed by atoms with E-state index in [1.165, 1.54) is 6.92 Å². The van der Waals surface area contributed by atoms with Gasteiger partial charge in [0.1, 0.15) is 0 Å². The Balaban J connectivity index is 2.06. The van der Waals surface area contributed by atoms with Crippen LogP contribution >= 0.6 is 0 Å². The predicted molar refractivity (Wildman–Crippen MR) is 65.6 cm³/mol. The minimum absolute atomic E-state index is 0.0443. The SMILES string of the molecule is CC(=O)NCCNCC(=O)N1CCN(C)CC1. The minimum atomic E-state index is -0.0443. The van der Waals surface area contributed by atoms with Crippen LogP contribution in [0.3, 0.4) is 0 Å². The number of rotatable bonds is 5. The van der Waals surface area contributed by atoms with Crippen LogP contribution in [0.2, 0.25) is 0 Å². The van der Waals surface area contributed by atoms with Crippen molar-refractivity contribution >= 4 is 11.8 Å². The van der Waals surface area contributed by atoms with Gasteiger partial charge in [0.05, 0.1) is 6.54 Å². The molecule has 2 N–H and O–H groups in total. The van der Waals surface area contributed by atoms with Crippen LogP contribution in [0.1, 0.15) is 6.92 Å². The Bertz CT molecular complexity index is 262. The number of likely N-dealkylation sites (N-methyl/N-ethyl adjacent to an activating group) is 1. The summed E-state index contributed by atoms with van der Waals surface area (Å²) in [5.74, 6) is 0.0955. The van der Waals surface area contributed by atoms with Gasteiger partial charge in [0.2, 0.25) is 11.8 Å². The number of amides is 2. The van der Waals surface area contributed by atoms with E-state index in [4.69, 9.17) is 0 Å². The molecule has 1 aliphatic rings. The topological polar surface area (TPSA) is 64.7 Å². The second-order valence-corrected chi connectivity index (χ2v) is 4.34. The molecule has 0 radical (unpaired) electrons. The van der Waals surface area contributed by atoms with Crippen molar-refractivity contribution in [3.8, 4) is 0 Å². The maximum atomic E-state index is 11.8. The van der Waals surface area contributed by atoms with E-state index in [2.05, 4.69) is 22.6 Å². The van der Waals surface area contributed by atoms with Crippen molar-refractivity contribution < 1.29 is 9.59 Å². The lowest BCUT2D eigenvalue weighted by Gasteiger charge is -2.32. The highest BCUT2D eigenvalue weighted by atomic mass is 16.2. The Labute approximate surface area is 102 Å². The summed E-state index contributed by atoms with van der Waals surface area (Å²) in [7, 11) is 2.06. The summed E-state index contributed by atoms with van der Waals surface area (Å²) in [6, 6.07) is 0. The number of nitrogens with zero attached hydrogens (tertiary/aromatic N) is 2. The first-order valence-corrected chi connectivity index (χ1v) is 6.01. The molecule has 98 valence electrons. The molecule has 0 aromatic heterocycles. The number of hydrogen-bond donors (Lipinski definition) is 2. The van der Waals surface area contributed by atoms with E-state index in [0.717, 1.165) is 26.2 Å². The van der Waals surface area contributed by atoms with Gasteiger partial charge in [0, 0.05) is 46.2 Å². The van der Waals surface area contributed by atoms with Gasteiger partial charge in [-0.25, -0.2) is 0 Å². The zero-order chi connectivity index (χ0) is 12.7. The second-order valence-electron chi connectivity index (χ2n) is 4.34. The molecule has 0 aromatic rings. The molecule has 17 heavy (non-hydrogen) atoms. The Hall–Kier alpha value is -1.14. The molecule has 1 aliphatic heterocycles. The average molecular weight is 242 g/mol. The standard InChI is InChI=1S/C11H22N4O2/c1-10(16)13-4-3-12-9-11(17)15-7-5-14(2)6-8-15/h12H,3-9H2,1-2H3,(H,13,16). The van der Waals surface area contributed by atoms with E-state index in [1.54, 1.807) is 0 Å². The quantitative estimate of drug-likeness (QED) is 0.575. The predicted octanol–water partition coefficient (Wildman–Crippen LogP) is -1.51. The molecule has 0 atom stereocenters. The Morgan fingerprint density at radius 2 is 1.76 bits per heavy atom. The van der Waals surface area contributed by atoms with E-state index in [-0.39, 0.29) is 11.8 Å². The smallest absolute Gasteiger partial charge is 0.236 e. The van der Waals surface area contributed by atoms with E-state index in [0.29, 0.717) is 19.6 Å². The molecule has 6 heteroatoms. The van der Waals surface area contributed by atoms with Gasteiger partial charge in [-0.3, -0.25) is 9.59 Å². The third kappa shape index (κ3) is 5.65. The summed E-state index contributed by atoms with van der Waals surface area (Å²) in [5.41, 5.74) is 0. The first-order valence-electron chi connectivity index (χ1n) is 6.01. The molecule has 0 bridgehead atoms. The zero-order valence-corrected chi connectivity index (χ0v) is 10.7. The molecular formula is C11H22N4O2. The lowest BCUT2D eigenvalue weighted by molar-refractivity contribution is -0.131. The van der Waals surface area contributed by atoms with Crippen molar-refractivity contribution in [2.24, 2.45) is 0 Å². The molecule has 2 amide bonds. The Kier molecular flexibility index (Phi) is 5.93. The maximum Gasteiger partial charge on any atom is 0.236 e. The fourth-order valence-electron chi connectivity index (χ4n) is 1.69. The third-order valence-electron chi connectivity index (χ3n) is 2.81. The molecule has 0 saturated carbocycles. The molecule has 0 spiro atoms. The lowest BCUT2D eigenvalue weighted by Crippen LogP contribution is -2.49. The fraction of sp³-hybridized carbons (Fsp3) is 0.818. The van der Waals surface area contributed by atoms with Crippen LogP contribution in [0, 0.1) is 0 Å². The monoisotopic (exact) mass is 242 g/mol. The van der Waals surface area contributed by atoms with Crippen LogP contribution in [0.15, 0.2) is 0 Å². The molecule has 1 fully saturated rings. The highest BCUT2D eigenvalue weighted by Gasteiger charge is 2.17. The van der Waals surface area contributed by atoms with Gasteiger partial charge in [-0.05, 0) is 7.05 Å². The van der Waals surface area contributed by atoms with Crippen molar-refractivity contribution in [3.63, 3.8) is 0 Å². The number of carbonyl (C=O) groups is 2. The number of hydrogen-bond acceptors (Lipinski definition) is 4. The lowest BCUT2D eigenvalue weighted by atomic mass is 10.3. The highest BCUT2D eigenvalue weighted by Crippen LogP contribution is 1.98. The van der Waals surface area contributed by atoms with Gasteiger partial charge in [-0.15, -0.1) is 0 Å². The molecule has 1 heterocycles. The van der Waals surface area contributed by atoms with Gasteiger partial charge in [0.15, 0.2) is 0 Å². The van der Waals surface area contributed by atoms with E-state index in [1.807, 2.05) is 4.90 Å². The molecule has 0 aliphatic carbocycles. The summed E-state index contributed by atoms with van der Waals surface area (Å²) in [6.07, 6.45) is 0. The summed E-state index contributed by atoms with van der Waals surface area (Å²) in [6.45, 7) is 6.52. The normalized spacial score (nSPS) is 16.9. The maximum absolute atomic E-state index is 11.8. The summed E-state index contributed by atoms with van der Waals surface area (Å²) in [5, 5.41) is 5.70. The molecule has 1 saturated heterocycles. The molecular weight excluding hydrogens is 220 g/mol. The van der Waals surface area contributed by atoms with Crippen LogP contribution in [-0.4, -0.2) is 74.5 Å². The Morgan fingerprint density at radius 3 is 2.35 bits per heavy atom. The number of nitrogens with one attached hydrogen (secondary N) is 2. The van der Waals surface area contributed by atoms with Crippen molar-refractivity contribution in [3.05, 3.63) is 0 Å². The average Bonchev–Trinajstić information content (AvgIpc) is 2.29. The third-order valence-corrected chi connectivity index (χ3v) is 2.81. The van der Waals surface area contributed by atoms with Crippen molar-refractivity contribution in [1.82, 2.24) is 20.4 Å². The van der Waals surface area contributed by atoms with Gasteiger partial charge in [-0.2, -0.15) is 0 Å². The van der Waals surface area contributed by atoms with Gasteiger partial charge >= 0.3 is 0 Å². The van der Waals surface area contributed by atoms with E-state index < -0.39 is 0 Å². The summed E-state index contributed by atoms with van der Waals surface area (Å²) < 4.78 is 0. The van der Waals surface area contributed by atoms with Crippen LogP contribution < -0.4 is 10.6 Å². The Morgan fingerprint density at radius 1 is 1.12 bits per heavy atom. The van der Waals surface area contributed by atoms with Crippen molar-refractivity contribution in [1.29, 1.82) is 0 Å². The van der Waals surface area contributed by atoms with Crippen LogP contribution in [0.4, 0.5) is 0 Å². The molecule has 1 rings (SSSR count). The van der Waals surface area contributed by atoms with Gasteiger partial charge in [-0.1, -0.05) is 0 Å². The van der Waals surface area contributed by atoms with Gasteiger partial charge in [0.25, 0.3) is 0 Å². The van der Waals surface area contributed by atoms with Crippen LogP contribution in [0.5, 0.6) is 0 Å². The fourth-order valence-corrected chi connectivity index (χ4v) is 1.69. The van der Waals surface area contributed by atoms with Gasteiger partial charge < -0.3 is 20.4 Å². The van der Waals surface area contributed by atoms with Crippen molar-refractivity contribution in [2.75, 3.05) is 52.9 Å². The first-order chi connectivity index (χ1) is 8.09. The summed E-state index contributed by atoms with van der Waals surface area (Å²) in [4.78, 5) is 26.5. The second kappa shape index (κ2) is 7.24. The van der Waals surface area contributed by atoms with Crippen LogP contribution in [-0.2, 0) is 9.59 Å². The number of carbonyl (C=O) groups excluding carboxylic acids is 2. The van der Waals surface area contributed by atoms with E-state index >= 15 is 0 Å². The largest absolute Gasteiger partial charge is 0.355 e. The van der Waals surface area contributed by atoms with E-state index in [9.17, 15) is 9.59 Å². The molecule has 0 unspecified atom stereocenters. The highest BCUT2D eigenvalue weighted by molar-refractivity contribution is 5.78. The minimum Gasteiger partial charge on any atom is -0.355 e. The molecule has 0 aromatic carbocycles.